The van der Waals surface area contributed by atoms with E-state index in [0.29, 0.717) is 23.8 Å². The Morgan fingerprint density at radius 3 is 3.00 bits per heavy atom. The maximum Gasteiger partial charge on any atom is 0.356 e. The second kappa shape index (κ2) is 5.31. The number of aryl methyl sites for hydroxylation is 1. The van der Waals surface area contributed by atoms with E-state index in [4.69, 9.17) is 10.00 Å². The lowest BCUT2D eigenvalue weighted by Crippen LogP contribution is -2.13. The molecule has 0 saturated heterocycles. The van der Waals surface area contributed by atoms with E-state index in [-0.39, 0.29) is 0 Å². The van der Waals surface area contributed by atoms with Gasteiger partial charge < -0.3 is 9.30 Å². The fraction of sp³-hybridized carbons (Fsp3) is 0.231. The number of pyridine rings is 1. The molecule has 2 heterocycles. The molecule has 96 valence electrons. The van der Waals surface area contributed by atoms with Gasteiger partial charge in [0, 0.05) is 11.8 Å². The van der Waals surface area contributed by atoms with E-state index >= 15 is 0 Å². The van der Waals surface area contributed by atoms with Crippen LogP contribution in [0.2, 0.25) is 0 Å². The Morgan fingerprint density at radius 2 is 2.32 bits per heavy atom. The minimum absolute atomic E-state index is 0.339. The minimum atomic E-state index is -0.456. The molecule has 2 rings (SSSR count). The summed E-state index contributed by atoms with van der Waals surface area (Å²) in [5.74, 6) is 0.219. The highest BCUT2D eigenvalue weighted by Gasteiger charge is 2.16. The molecule has 0 aliphatic heterocycles. The zero-order chi connectivity index (χ0) is 13.8. The normalized spacial score (nSPS) is 9.95. The van der Waals surface area contributed by atoms with Crippen molar-refractivity contribution in [1.82, 2.24) is 14.5 Å². The molecule has 0 atom stereocenters. The molecule has 0 spiro atoms. The third-order valence-electron chi connectivity index (χ3n) is 2.78. The Bertz CT molecular complexity index is 655. The zero-order valence-electron chi connectivity index (χ0n) is 10.6. The first-order valence-corrected chi connectivity index (χ1v) is 5.61. The lowest BCUT2D eigenvalue weighted by molar-refractivity contribution is 0.0588. The summed E-state index contributed by atoms with van der Waals surface area (Å²) in [5, 5.41) is 9.01. The zero-order valence-corrected chi connectivity index (χ0v) is 10.6. The average Bonchev–Trinajstić information content (AvgIpc) is 2.80. The Hall–Kier alpha value is -2.68. The Morgan fingerprint density at radius 1 is 1.53 bits per heavy atom. The summed E-state index contributed by atoms with van der Waals surface area (Å²) in [6.45, 7) is 2.14. The summed E-state index contributed by atoms with van der Waals surface area (Å²) in [7, 11) is 1.32. The average molecular weight is 256 g/mol. The van der Waals surface area contributed by atoms with Gasteiger partial charge in [-0.1, -0.05) is 6.07 Å². The highest BCUT2D eigenvalue weighted by Crippen LogP contribution is 2.12. The van der Waals surface area contributed by atoms with Crippen molar-refractivity contribution in [2.45, 2.75) is 13.5 Å². The van der Waals surface area contributed by atoms with Crippen LogP contribution in [0.25, 0.3) is 0 Å². The molecule has 0 fully saturated rings. The number of nitrogens with zero attached hydrogens (tertiary/aromatic N) is 4. The molecular weight excluding hydrogens is 244 g/mol. The summed E-state index contributed by atoms with van der Waals surface area (Å²) in [4.78, 5) is 19.7. The van der Waals surface area contributed by atoms with E-state index in [1.165, 1.54) is 13.3 Å². The number of rotatable bonds is 3. The number of ether oxygens (including phenoxy) is 1. The maximum absolute atomic E-state index is 11.6. The maximum atomic E-state index is 11.6. The largest absolute Gasteiger partial charge is 0.464 e. The van der Waals surface area contributed by atoms with E-state index < -0.39 is 5.97 Å². The van der Waals surface area contributed by atoms with Crippen LogP contribution in [0.15, 0.2) is 24.5 Å². The molecule has 0 aliphatic rings. The van der Waals surface area contributed by atoms with Gasteiger partial charge in [-0.3, -0.25) is 0 Å². The smallest absolute Gasteiger partial charge is 0.356 e. The van der Waals surface area contributed by atoms with Crippen LogP contribution in [0.5, 0.6) is 0 Å². The second-order valence-corrected chi connectivity index (χ2v) is 3.89. The van der Waals surface area contributed by atoms with E-state index in [2.05, 4.69) is 9.97 Å². The van der Waals surface area contributed by atoms with Crippen LogP contribution in [0.1, 0.15) is 27.6 Å². The lowest BCUT2D eigenvalue weighted by atomic mass is 10.2. The molecule has 0 saturated carbocycles. The number of aromatic nitrogens is 3. The lowest BCUT2D eigenvalue weighted by Gasteiger charge is -2.09. The van der Waals surface area contributed by atoms with Gasteiger partial charge >= 0.3 is 5.97 Å². The number of methoxy groups -OCH3 is 1. The third kappa shape index (κ3) is 2.45. The summed E-state index contributed by atoms with van der Waals surface area (Å²) in [6.07, 6.45) is 3.02. The number of hydrogen-bond donors (Lipinski definition) is 0. The number of hydrogen-bond acceptors (Lipinski definition) is 5. The molecule has 0 N–H and O–H groups in total. The molecular formula is C13H12N4O2. The van der Waals surface area contributed by atoms with Crippen molar-refractivity contribution in [1.29, 1.82) is 5.26 Å². The molecule has 0 bridgehead atoms. The summed E-state index contributed by atoms with van der Waals surface area (Å²) in [6, 6.07) is 5.58. The second-order valence-electron chi connectivity index (χ2n) is 3.89. The Balaban J connectivity index is 2.41. The van der Waals surface area contributed by atoms with Crippen molar-refractivity contribution in [3.63, 3.8) is 0 Å². The molecule has 0 aromatic carbocycles. The molecule has 2 aromatic heterocycles. The molecule has 0 amide bonds. The van der Waals surface area contributed by atoms with Gasteiger partial charge in [-0.25, -0.2) is 14.8 Å². The predicted octanol–water partition coefficient (Wildman–Crippen LogP) is 1.29. The molecule has 0 radical (unpaired) electrons. The highest BCUT2D eigenvalue weighted by atomic mass is 16.5. The van der Waals surface area contributed by atoms with Crippen molar-refractivity contribution in [2.75, 3.05) is 7.11 Å². The van der Waals surface area contributed by atoms with Crippen molar-refractivity contribution in [2.24, 2.45) is 0 Å². The first-order chi connectivity index (χ1) is 9.17. The van der Waals surface area contributed by atoms with Gasteiger partial charge in [-0.05, 0) is 13.0 Å². The van der Waals surface area contributed by atoms with Gasteiger partial charge in [0.15, 0.2) is 0 Å². The Labute approximate surface area is 110 Å². The molecule has 19 heavy (non-hydrogen) atoms. The van der Waals surface area contributed by atoms with Crippen LogP contribution in [-0.4, -0.2) is 27.6 Å². The van der Waals surface area contributed by atoms with E-state index in [9.17, 15) is 4.79 Å². The van der Waals surface area contributed by atoms with E-state index in [1.807, 2.05) is 6.07 Å². The minimum Gasteiger partial charge on any atom is -0.464 e. The van der Waals surface area contributed by atoms with Crippen LogP contribution in [-0.2, 0) is 11.3 Å². The number of carbonyl (C=O) groups excluding carboxylic acids is 1. The molecule has 6 heteroatoms. The first kappa shape index (κ1) is 12.8. The monoisotopic (exact) mass is 256 g/mol. The van der Waals surface area contributed by atoms with Crippen LogP contribution < -0.4 is 0 Å². The number of carbonyl (C=O) groups is 1. The molecule has 6 nitrogen and oxygen atoms in total. The van der Waals surface area contributed by atoms with Gasteiger partial charge in [-0.2, -0.15) is 5.26 Å². The van der Waals surface area contributed by atoms with Gasteiger partial charge in [0.25, 0.3) is 0 Å². The molecule has 0 unspecified atom stereocenters. The van der Waals surface area contributed by atoms with E-state index in [1.54, 1.807) is 29.8 Å². The van der Waals surface area contributed by atoms with Gasteiger partial charge in [0.05, 0.1) is 19.9 Å². The number of imidazole rings is 1. The number of nitriles is 1. The Kier molecular flexibility index (Phi) is 3.57. The predicted molar refractivity (Wildman–Crippen MR) is 66.4 cm³/mol. The van der Waals surface area contributed by atoms with E-state index in [0.717, 1.165) is 5.56 Å². The summed E-state index contributed by atoms with van der Waals surface area (Å²) < 4.78 is 6.40. The van der Waals surface area contributed by atoms with Crippen LogP contribution in [0.3, 0.4) is 0 Å². The SMILES string of the molecule is COC(=O)c1cnc(C)n1Cc1cccnc1C#N. The van der Waals surface area contributed by atoms with Gasteiger partial charge in [0.2, 0.25) is 0 Å². The topological polar surface area (TPSA) is 80.8 Å². The fourth-order valence-corrected chi connectivity index (χ4v) is 1.77. The van der Waals surface area contributed by atoms with Crippen LogP contribution in [0.4, 0.5) is 0 Å². The van der Waals surface area contributed by atoms with Crippen molar-refractivity contribution >= 4 is 5.97 Å². The van der Waals surface area contributed by atoms with Crippen molar-refractivity contribution < 1.29 is 9.53 Å². The standard InChI is InChI=1S/C13H12N4O2/c1-9-16-7-12(13(18)19-2)17(9)8-10-4-3-5-15-11(10)6-14/h3-5,7H,8H2,1-2H3. The van der Waals surface area contributed by atoms with Crippen LogP contribution >= 0.6 is 0 Å². The van der Waals surface area contributed by atoms with Crippen molar-refractivity contribution in [3.8, 4) is 6.07 Å². The number of esters is 1. The van der Waals surface area contributed by atoms with Crippen molar-refractivity contribution in [3.05, 3.63) is 47.3 Å². The molecule has 2 aromatic rings. The highest BCUT2D eigenvalue weighted by molar-refractivity contribution is 5.87. The van der Waals surface area contributed by atoms with Gasteiger partial charge in [0.1, 0.15) is 23.3 Å². The summed E-state index contributed by atoms with van der Waals surface area (Å²) >= 11 is 0. The third-order valence-corrected chi connectivity index (χ3v) is 2.78. The first-order valence-electron chi connectivity index (χ1n) is 5.61. The fourth-order valence-electron chi connectivity index (χ4n) is 1.77. The summed E-state index contributed by atoms with van der Waals surface area (Å²) in [5.41, 5.74) is 1.43. The van der Waals surface area contributed by atoms with Crippen LogP contribution in [0, 0.1) is 18.3 Å². The quantitative estimate of drug-likeness (QED) is 0.773. The molecule has 0 aliphatic carbocycles. The van der Waals surface area contributed by atoms with Gasteiger partial charge in [-0.15, -0.1) is 0 Å².